The summed E-state index contributed by atoms with van der Waals surface area (Å²) in [6.45, 7) is 3.62. The van der Waals surface area contributed by atoms with E-state index in [9.17, 15) is 8.42 Å². The first-order valence-electron chi connectivity index (χ1n) is 6.90. The Morgan fingerprint density at radius 3 is 2.45 bits per heavy atom. The molecule has 108 valence electrons. The molecular formula is C16H21NO2S. The lowest BCUT2D eigenvalue weighted by atomic mass is 10.0. The largest absolute Gasteiger partial charge is 0.323 e. The van der Waals surface area contributed by atoms with Gasteiger partial charge in [0.15, 0.2) is 9.84 Å². The minimum Gasteiger partial charge on any atom is -0.323 e. The van der Waals surface area contributed by atoms with Crippen molar-refractivity contribution in [1.82, 2.24) is 0 Å². The van der Waals surface area contributed by atoms with Crippen LogP contribution < -0.4 is 5.73 Å². The molecule has 2 atom stereocenters. The predicted octanol–water partition coefficient (Wildman–Crippen LogP) is 3.05. The van der Waals surface area contributed by atoms with Gasteiger partial charge in [0.25, 0.3) is 0 Å². The molecule has 0 fully saturated rings. The van der Waals surface area contributed by atoms with Crippen LogP contribution in [0.5, 0.6) is 0 Å². The molecule has 0 bridgehead atoms. The fourth-order valence-corrected chi connectivity index (χ4v) is 3.85. The van der Waals surface area contributed by atoms with Crippen molar-refractivity contribution in [3.8, 4) is 0 Å². The molecule has 0 amide bonds. The van der Waals surface area contributed by atoms with E-state index in [2.05, 4.69) is 0 Å². The Morgan fingerprint density at radius 2 is 1.75 bits per heavy atom. The summed E-state index contributed by atoms with van der Waals surface area (Å²) in [4.78, 5) is 0. The van der Waals surface area contributed by atoms with E-state index < -0.39 is 15.9 Å². The molecule has 0 aliphatic rings. The molecule has 2 unspecified atom stereocenters. The highest BCUT2D eigenvalue weighted by Gasteiger charge is 2.23. The van der Waals surface area contributed by atoms with Crippen molar-refractivity contribution in [2.75, 3.05) is 5.75 Å². The Balaban J connectivity index is 2.35. The van der Waals surface area contributed by atoms with Gasteiger partial charge in [0.2, 0.25) is 0 Å². The van der Waals surface area contributed by atoms with Crippen molar-refractivity contribution in [3.05, 3.63) is 48.0 Å². The van der Waals surface area contributed by atoms with Gasteiger partial charge in [0.05, 0.1) is 11.0 Å². The summed E-state index contributed by atoms with van der Waals surface area (Å²) in [7, 11) is -3.15. The summed E-state index contributed by atoms with van der Waals surface area (Å²) in [5, 5.41) is 1.77. The third-order valence-corrected chi connectivity index (χ3v) is 6.21. The maximum absolute atomic E-state index is 12.2. The van der Waals surface area contributed by atoms with Gasteiger partial charge in [-0.1, -0.05) is 49.4 Å². The highest BCUT2D eigenvalue weighted by Crippen LogP contribution is 2.25. The number of sulfone groups is 1. The molecule has 2 rings (SSSR count). The average Bonchev–Trinajstić information content (AvgIpc) is 2.45. The van der Waals surface area contributed by atoms with Gasteiger partial charge in [0, 0.05) is 6.04 Å². The second-order valence-electron chi connectivity index (χ2n) is 5.22. The van der Waals surface area contributed by atoms with Crippen molar-refractivity contribution < 1.29 is 8.42 Å². The van der Waals surface area contributed by atoms with Crippen molar-refractivity contribution in [2.24, 2.45) is 5.73 Å². The Hall–Kier alpha value is -1.39. The van der Waals surface area contributed by atoms with Crippen LogP contribution in [-0.2, 0) is 9.84 Å². The first-order chi connectivity index (χ1) is 9.45. The maximum Gasteiger partial charge on any atom is 0.154 e. The third kappa shape index (κ3) is 3.02. The summed E-state index contributed by atoms with van der Waals surface area (Å²) in [6.07, 6.45) is 0.616. The van der Waals surface area contributed by atoms with Gasteiger partial charge in [-0.05, 0) is 29.7 Å². The van der Waals surface area contributed by atoms with Crippen molar-refractivity contribution in [1.29, 1.82) is 0 Å². The zero-order valence-corrected chi connectivity index (χ0v) is 12.7. The number of nitrogens with two attached hydrogens (primary N) is 1. The number of rotatable bonds is 5. The van der Waals surface area contributed by atoms with Gasteiger partial charge in [-0.25, -0.2) is 8.42 Å². The zero-order valence-electron chi connectivity index (χ0n) is 11.9. The van der Waals surface area contributed by atoms with Crippen LogP contribution in [0.15, 0.2) is 42.5 Å². The Kier molecular flexibility index (Phi) is 4.45. The van der Waals surface area contributed by atoms with Crippen LogP contribution in [0.25, 0.3) is 10.8 Å². The van der Waals surface area contributed by atoms with E-state index >= 15 is 0 Å². The molecule has 4 heteroatoms. The summed E-state index contributed by atoms with van der Waals surface area (Å²) >= 11 is 0. The minimum absolute atomic E-state index is 0.00395. The highest BCUT2D eigenvalue weighted by molar-refractivity contribution is 7.92. The number of hydrogen-bond donors (Lipinski definition) is 1. The van der Waals surface area contributed by atoms with Gasteiger partial charge in [-0.15, -0.1) is 0 Å². The first kappa shape index (κ1) is 15.0. The molecule has 0 heterocycles. The Bertz CT molecular complexity index is 689. The van der Waals surface area contributed by atoms with Crippen LogP contribution in [0, 0.1) is 0 Å². The normalized spacial score (nSPS) is 15.2. The lowest BCUT2D eigenvalue weighted by molar-refractivity contribution is 0.574. The van der Waals surface area contributed by atoms with Gasteiger partial charge in [0.1, 0.15) is 0 Å². The van der Waals surface area contributed by atoms with E-state index in [0.717, 1.165) is 16.3 Å². The summed E-state index contributed by atoms with van der Waals surface area (Å²) in [5.41, 5.74) is 7.06. The zero-order chi connectivity index (χ0) is 14.8. The molecule has 20 heavy (non-hydrogen) atoms. The molecule has 2 aromatic rings. The fourth-order valence-electron chi connectivity index (χ4n) is 2.33. The van der Waals surface area contributed by atoms with Gasteiger partial charge in [-0.2, -0.15) is 0 Å². The van der Waals surface area contributed by atoms with E-state index in [-0.39, 0.29) is 11.0 Å². The molecule has 0 saturated carbocycles. The van der Waals surface area contributed by atoms with E-state index in [1.807, 2.05) is 49.4 Å². The maximum atomic E-state index is 12.2. The van der Waals surface area contributed by atoms with Gasteiger partial charge < -0.3 is 5.73 Å². The molecule has 0 radical (unpaired) electrons. The third-order valence-electron chi connectivity index (χ3n) is 3.82. The predicted molar refractivity (Wildman–Crippen MR) is 84.4 cm³/mol. The van der Waals surface area contributed by atoms with Gasteiger partial charge >= 0.3 is 0 Å². The molecule has 0 spiro atoms. The van der Waals surface area contributed by atoms with E-state index in [0.29, 0.717) is 6.42 Å². The smallest absolute Gasteiger partial charge is 0.154 e. The lowest BCUT2D eigenvalue weighted by Crippen LogP contribution is -2.28. The van der Waals surface area contributed by atoms with Crippen LogP contribution in [0.3, 0.4) is 0 Å². The topological polar surface area (TPSA) is 60.2 Å². The Morgan fingerprint density at radius 1 is 1.10 bits per heavy atom. The second kappa shape index (κ2) is 5.94. The van der Waals surface area contributed by atoms with Crippen LogP contribution in [0.4, 0.5) is 0 Å². The molecule has 0 aliphatic heterocycles. The van der Waals surface area contributed by atoms with Crippen molar-refractivity contribution >= 4 is 20.6 Å². The summed E-state index contributed by atoms with van der Waals surface area (Å²) in [5.74, 6) is -0.00395. The standard InChI is InChI=1S/C16H21NO2S/c1-3-12(2)20(18,19)11-16(17)15-10-6-8-13-7-4-5-9-14(13)15/h4-10,12,16H,3,11,17H2,1-2H3. The molecule has 2 N–H and O–H groups in total. The number of hydrogen-bond acceptors (Lipinski definition) is 3. The summed E-state index contributed by atoms with van der Waals surface area (Å²) < 4.78 is 24.4. The van der Waals surface area contributed by atoms with Crippen molar-refractivity contribution in [2.45, 2.75) is 31.6 Å². The molecule has 0 aliphatic carbocycles. The summed E-state index contributed by atoms with van der Waals surface area (Å²) in [6, 6.07) is 13.3. The lowest BCUT2D eigenvalue weighted by Gasteiger charge is -2.17. The van der Waals surface area contributed by atoms with E-state index in [1.165, 1.54) is 0 Å². The molecule has 3 nitrogen and oxygen atoms in total. The van der Waals surface area contributed by atoms with Crippen LogP contribution in [0.1, 0.15) is 31.9 Å². The number of benzene rings is 2. The molecule has 0 saturated heterocycles. The number of fused-ring (bicyclic) bond motifs is 1. The van der Waals surface area contributed by atoms with Gasteiger partial charge in [-0.3, -0.25) is 0 Å². The average molecular weight is 291 g/mol. The molecule has 0 aromatic heterocycles. The van der Waals surface area contributed by atoms with E-state index in [4.69, 9.17) is 5.73 Å². The second-order valence-corrected chi connectivity index (χ2v) is 7.69. The quantitative estimate of drug-likeness (QED) is 0.921. The fraction of sp³-hybridized carbons (Fsp3) is 0.375. The van der Waals surface area contributed by atoms with E-state index in [1.54, 1.807) is 6.92 Å². The molecule has 2 aromatic carbocycles. The van der Waals surface area contributed by atoms with Crippen LogP contribution >= 0.6 is 0 Å². The SMILES string of the molecule is CCC(C)S(=O)(=O)CC(N)c1cccc2ccccc12. The van der Waals surface area contributed by atoms with Crippen LogP contribution in [0.2, 0.25) is 0 Å². The highest BCUT2D eigenvalue weighted by atomic mass is 32.2. The van der Waals surface area contributed by atoms with Crippen LogP contribution in [-0.4, -0.2) is 19.4 Å². The monoisotopic (exact) mass is 291 g/mol. The first-order valence-corrected chi connectivity index (χ1v) is 8.62. The van der Waals surface area contributed by atoms with Crippen molar-refractivity contribution in [3.63, 3.8) is 0 Å². The Labute approximate surface area is 120 Å². The molecular weight excluding hydrogens is 270 g/mol. The minimum atomic E-state index is -3.15.